The van der Waals surface area contributed by atoms with E-state index in [1.54, 1.807) is 18.2 Å². The molecule has 1 aliphatic carbocycles. The maximum atomic E-state index is 13.5. The first kappa shape index (κ1) is 14.5. The third-order valence-corrected chi connectivity index (χ3v) is 4.03. The third-order valence-electron chi connectivity index (χ3n) is 4.03. The van der Waals surface area contributed by atoms with Gasteiger partial charge in [0.1, 0.15) is 11.4 Å². The van der Waals surface area contributed by atoms with Crippen molar-refractivity contribution in [1.82, 2.24) is 5.32 Å². The van der Waals surface area contributed by atoms with E-state index in [9.17, 15) is 14.4 Å². The maximum absolute atomic E-state index is 13.5. The summed E-state index contributed by atoms with van der Waals surface area (Å²) in [4.78, 5) is 12.0. The third kappa shape index (κ3) is 3.36. The molecule has 2 rings (SSSR count). The summed E-state index contributed by atoms with van der Waals surface area (Å²) in [5, 5.41) is 12.2. The number of halogens is 1. The second-order valence-corrected chi connectivity index (χ2v) is 5.69. The Morgan fingerprint density at radius 2 is 2.10 bits per heavy atom. The van der Waals surface area contributed by atoms with E-state index in [1.807, 2.05) is 0 Å². The van der Waals surface area contributed by atoms with Gasteiger partial charge in [0, 0.05) is 0 Å². The number of nitriles is 1. The molecule has 0 atom stereocenters. The quantitative estimate of drug-likeness (QED) is 0.921. The van der Waals surface area contributed by atoms with Crippen LogP contribution in [0.5, 0.6) is 0 Å². The minimum absolute atomic E-state index is 0.0222. The fourth-order valence-corrected chi connectivity index (χ4v) is 2.65. The highest BCUT2D eigenvalue weighted by molar-refractivity contribution is 5.79. The Balaban J connectivity index is 2.00. The molecule has 106 valence electrons. The fraction of sp³-hybridized carbons (Fsp3) is 0.500. The zero-order chi connectivity index (χ0) is 14.6. The van der Waals surface area contributed by atoms with Crippen LogP contribution in [0.3, 0.4) is 0 Å². The number of amides is 1. The standard InChI is InChI=1S/C16H19FN2O/c1-12-6-8-16(11-18,9-7-12)19-15(20)10-13-4-2-3-5-14(13)17/h2-5,12H,6-10H2,1H3,(H,19,20). The zero-order valence-corrected chi connectivity index (χ0v) is 11.7. The van der Waals surface area contributed by atoms with Gasteiger partial charge in [-0.1, -0.05) is 25.1 Å². The van der Waals surface area contributed by atoms with Crippen LogP contribution in [0.25, 0.3) is 0 Å². The van der Waals surface area contributed by atoms with Crippen LogP contribution >= 0.6 is 0 Å². The van der Waals surface area contributed by atoms with Crippen molar-refractivity contribution in [2.24, 2.45) is 5.92 Å². The second-order valence-electron chi connectivity index (χ2n) is 5.69. The molecule has 0 spiro atoms. The van der Waals surface area contributed by atoms with E-state index in [2.05, 4.69) is 18.3 Å². The molecule has 4 heteroatoms. The molecule has 1 aliphatic rings. The van der Waals surface area contributed by atoms with Crippen molar-refractivity contribution in [1.29, 1.82) is 5.26 Å². The predicted octanol–water partition coefficient (Wildman–Crippen LogP) is 2.96. The van der Waals surface area contributed by atoms with E-state index < -0.39 is 5.54 Å². The number of benzene rings is 1. The highest BCUT2D eigenvalue weighted by Gasteiger charge is 2.35. The molecule has 1 aromatic carbocycles. The van der Waals surface area contributed by atoms with Gasteiger partial charge in [0.05, 0.1) is 12.5 Å². The molecular weight excluding hydrogens is 255 g/mol. The van der Waals surface area contributed by atoms with Gasteiger partial charge in [-0.15, -0.1) is 0 Å². The first-order valence-electron chi connectivity index (χ1n) is 7.00. The molecule has 0 heterocycles. The average molecular weight is 274 g/mol. The van der Waals surface area contributed by atoms with E-state index in [1.165, 1.54) is 6.07 Å². The molecule has 1 amide bonds. The summed E-state index contributed by atoms with van der Waals surface area (Å²) >= 11 is 0. The molecule has 1 fully saturated rings. The summed E-state index contributed by atoms with van der Waals surface area (Å²) in [6.45, 7) is 2.16. The van der Waals surface area contributed by atoms with Gasteiger partial charge in [-0.25, -0.2) is 4.39 Å². The summed E-state index contributed by atoms with van der Waals surface area (Å²) in [6.07, 6.45) is 3.20. The first-order chi connectivity index (χ1) is 9.54. The Kier molecular flexibility index (Phi) is 4.39. The molecule has 0 unspecified atom stereocenters. The minimum Gasteiger partial charge on any atom is -0.338 e. The fourth-order valence-electron chi connectivity index (χ4n) is 2.65. The van der Waals surface area contributed by atoms with Crippen LogP contribution < -0.4 is 5.32 Å². The van der Waals surface area contributed by atoms with E-state index in [0.29, 0.717) is 24.3 Å². The molecule has 1 aromatic rings. The van der Waals surface area contributed by atoms with Crippen LogP contribution in [0.2, 0.25) is 0 Å². The number of hydrogen-bond acceptors (Lipinski definition) is 2. The van der Waals surface area contributed by atoms with Crippen LogP contribution in [0.4, 0.5) is 4.39 Å². The van der Waals surface area contributed by atoms with E-state index in [0.717, 1.165) is 12.8 Å². The summed E-state index contributed by atoms with van der Waals surface area (Å²) in [5.74, 6) is -0.0722. The molecular formula is C16H19FN2O. The number of hydrogen-bond donors (Lipinski definition) is 1. The van der Waals surface area contributed by atoms with E-state index in [4.69, 9.17) is 0 Å². The molecule has 0 aromatic heterocycles. The van der Waals surface area contributed by atoms with Gasteiger partial charge < -0.3 is 5.32 Å². The Labute approximate surface area is 118 Å². The first-order valence-corrected chi connectivity index (χ1v) is 7.00. The molecule has 1 saturated carbocycles. The van der Waals surface area contributed by atoms with Crippen molar-refractivity contribution >= 4 is 5.91 Å². The van der Waals surface area contributed by atoms with Crippen LogP contribution in [0.1, 0.15) is 38.2 Å². The van der Waals surface area contributed by atoms with Gasteiger partial charge in [0.25, 0.3) is 0 Å². The Hall–Kier alpha value is -1.89. The molecule has 0 radical (unpaired) electrons. The van der Waals surface area contributed by atoms with Crippen LogP contribution in [0.15, 0.2) is 24.3 Å². The Morgan fingerprint density at radius 3 is 2.70 bits per heavy atom. The largest absolute Gasteiger partial charge is 0.338 e. The van der Waals surface area contributed by atoms with E-state index in [-0.39, 0.29) is 18.1 Å². The van der Waals surface area contributed by atoms with Crippen molar-refractivity contribution in [2.45, 2.75) is 44.6 Å². The second kappa shape index (κ2) is 6.04. The van der Waals surface area contributed by atoms with E-state index >= 15 is 0 Å². The summed E-state index contributed by atoms with van der Waals surface area (Å²) in [7, 11) is 0. The van der Waals surface area contributed by atoms with Crippen LogP contribution in [-0.4, -0.2) is 11.4 Å². The lowest BCUT2D eigenvalue weighted by molar-refractivity contribution is -0.122. The van der Waals surface area contributed by atoms with Gasteiger partial charge in [-0.3, -0.25) is 4.79 Å². The maximum Gasteiger partial charge on any atom is 0.225 e. The molecule has 3 nitrogen and oxygen atoms in total. The van der Waals surface area contributed by atoms with Gasteiger partial charge in [-0.05, 0) is 43.2 Å². The zero-order valence-electron chi connectivity index (χ0n) is 11.7. The number of nitrogens with one attached hydrogen (secondary N) is 1. The summed E-state index contributed by atoms with van der Waals surface area (Å²) < 4.78 is 13.5. The smallest absolute Gasteiger partial charge is 0.225 e. The lowest BCUT2D eigenvalue weighted by atomic mass is 9.78. The minimum atomic E-state index is -0.769. The Bertz CT molecular complexity index is 528. The highest BCUT2D eigenvalue weighted by Crippen LogP contribution is 2.31. The normalized spacial score (nSPS) is 25.8. The number of nitrogens with zero attached hydrogens (tertiary/aromatic N) is 1. The van der Waals surface area contributed by atoms with Crippen molar-refractivity contribution in [3.05, 3.63) is 35.6 Å². The SMILES string of the molecule is CC1CCC(C#N)(NC(=O)Cc2ccccc2F)CC1. The monoisotopic (exact) mass is 274 g/mol. The highest BCUT2D eigenvalue weighted by atomic mass is 19.1. The van der Waals surface area contributed by atoms with Gasteiger partial charge >= 0.3 is 0 Å². The Morgan fingerprint density at radius 1 is 1.45 bits per heavy atom. The molecule has 0 aliphatic heterocycles. The molecule has 20 heavy (non-hydrogen) atoms. The van der Waals surface area contributed by atoms with Gasteiger partial charge in [-0.2, -0.15) is 5.26 Å². The molecule has 0 saturated heterocycles. The lowest BCUT2D eigenvalue weighted by Crippen LogP contribution is -2.50. The van der Waals surface area contributed by atoms with Gasteiger partial charge in [0.15, 0.2) is 0 Å². The summed E-state index contributed by atoms with van der Waals surface area (Å²) in [6, 6.07) is 8.47. The average Bonchev–Trinajstić information content (AvgIpc) is 2.44. The number of carbonyl (C=O) groups is 1. The lowest BCUT2D eigenvalue weighted by Gasteiger charge is -2.34. The number of rotatable bonds is 3. The van der Waals surface area contributed by atoms with Crippen molar-refractivity contribution in [3.8, 4) is 6.07 Å². The van der Waals surface area contributed by atoms with Crippen LogP contribution in [0, 0.1) is 23.1 Å². The summed E-state index contributed by atoms with van der Waals surface area (Å²) in [5.41, 5.74) is -0.406. The van der Waals surface area contributed by atoms with Crippen molar-refractivity contribution < 1.29 is 9.18 Å². The molecule has 0 bridgehead atoms. The topological polar surface area (TPSA) is 52.9 Å². The molecule has 1 N–H and O–H groups in total. The number of carbonyl (C=O) groups excluding carboxylic acids is 1. The van der Waals surface area contributed by atoms with Gasteiger partial charge in [0.2, 0.25) is 5.91 Å². The van der Waals surface area contributed by atoms with Crippen LogP contribution in [-0.2, 0) is 11.2 Å². The van der Waals surface area contributed by atoms with Crippen molar-refractivity contribution in [2.75, 3.05) is 0 Å². The van der Waals surface area contributed by atoms with Crippen molar-refractivity contribution in [3.63, 3.8) is 0 Å². The predicted molar refractivity (Wildman–Crippen MR) is 74.2 cm³/mol.